The Morgan fingerprint density at radius 2 is 2.00 bits per heavy atom. The second kappa shape index (κ2) is 9.49. The minimum absolute atomic E-state index is 0.157. The normalized spacial score (nSPS) is 19.0. The molecule has 164 valence electrons. The molecule has 6 nitrogen and oxygen atoms in total. The van der Waals surface area contributed by atoms with E-state index in [1.54, 1.807) is 13.2 Å². The molecule has 1 aromatic heterocycles. The predicted molar refractivity (Wildman–Crippen MR) is 116 cm³/mol. The van der Waals surface area contributed by atoms with Crippen molar-refractivity contribution in [2.45, 2.75) is 32.6 Å². The summed E-state index contributed by atoms with van der Waals surface area (Å²) in [5.74, 6) is 1.12. The number of benzene rings is 2. The van der Waals surface area contributed by atoms with Crippen LogP contribution in [0.5, 0.6) is 11.5 Å². The molecule has 0 saturated carbocycles. The van der Waals surface area contributed by atoms with Crippen LogP contribution in [0.1, 0.15) is 22.5 Å². The second-order valence-corrected chi connectivity index (χ2v) is 8.17. The van der Waals surface area contributed by atoms with Gasteiger partial charge in [0.2, 0.25) is 0 Å². The lowest BCUT2D eigenvalue weighted by molar-refractivity contribution is 0.140. The Kier molecular flexibility index (Phi) is 6.53. The number of H-pyrrole nitrogens is 1. The summed E-state index contributed by atoms with van der Waals surface area (Å²) in [6, 6.07) is 14.2. The number of aliphatic hydroxyl groups is 1. The average Bonchev–Trinajstić information content (AvgIpc) is 3.31. The van der Waals surface area contributed by atoms with Gasteiger partial charge in [0.1, 0.15) is 12.4 Å². The first-order valence-corrected chi connectivity index (χ1v) is 10.5. The molecule has 1 aliphatic rings. The van der Waals surface area contributed by atoms with Crippen molar-refractivity contribution in [2.24, 2.45) is 5.92 Å². The SMILES string of the molecule is COc1ccc(CN2C[C@@H](Cc3cc(C)[nH]n3)[C@@H](O)C2)cc1OCc1cccc(F)c1. The average molecular weight is 426 g/mol. The first-order chi connectivity index (χ1) is 15.0. The number of nitrogens with one attached hydrogen (secondary N) is 1. The summed E-state index contributed by atoms with van der Waals surface area (Å²) < 4.78 is 24.8. The van der Waals surface area contributed by atoms with Crippen molar-refractivity contribution in [3.8, 4) is 11.5 Å². The number of halogens is 1. The summed E-state index contributed by atoms with van der Waals surface area (Å²) in [4.78, 5) is 2.24. The molecule has 0 aliphatic carbocycles. The molecule has 2 aromatic carbocycles. The Morgan fingerprint density at radius 3 is 2.74 bits per heavy atom. The zero-order valence-corrected chi connectivity index (χ0v) is 17.8. The number of aromatic nitrogens is 2. The lowest BCUT2D eigenvalue weighted by Crippen LogP contribution is -2.21. The maximum absolute atomic E-state index is 13.4. The molecule has 1 aliphatic heterocycles. The Morgan fingerprint density at radius 1 is 1.13 bits per heavy atom. The van der Waals surface area contributed by atoms with Gasteiger partial charge in [-0.1, -0.05) is 18.2 Å². The Balaban J connectivity index is 1.39. The molecule has 7 heteroatoms. The maximum Gasteiger partial charge on any atom is 0.161 e. The van der Waals surface area contributed by atoms with E-state index in [-0.39, 0.29) is 24.4 Å². The molecule has 3 aromatic rings. The van der Waals surface area contributed by atoms with Gasteiger partial charge in [-0.15, -0.1) is 0 Å². The minimum atomic E-state index is -0.376. The van der Waals surface area contributed by atoms with Gasteiger partial charge in [0.25, 0.3) is 0 Å². The van der Waals surface area contributed by atoms with Gasteiger partial charge in [-0.25, -0.2) is 4.39 Å². The fourth-order valence-electron chi connectivity index (χ4n) is 4.10. The number of hydrogen-bond donors (Lipinski definition) is 2. The molecule has 31 heavy (non-hydrogen) atoms. The van der Waals surface area contributed by atoms with Gasteiger partial charge in [-0.05, 0) is 54.8 Å². The van der Waals surface area contributed by atoms with Crippen molar-refractivity contribution in [3.63, 3.8) is 0 Å². The summed E-state index contributed by atoms with van der Waals surface area (Å²) in [6.45, 7) is 4.36. The molecule has 0 radical (unpaired) electrons. The molecule has 1 fully saturated rings. The van der Waals surface area contributed by atoms with Crippen molar-refractivity contribution in [1.29, 1.82) is 0 Å². The van der Waals surface area contributed by atoms with Gasteiger partial charge in [0.05, 0.1) is 18.9 Å². The minimum Gasteiger partial charge on any atom is -0.493 e. The summed E-state index contributed by atoms with van der Waals surface area (Å²) in [5, 5.41) is 17.8. The number of aliphatic hydroxyl groups excluding tert-OH is 1. The molecule has 0 bridgehead atoms. The maximum atomic E-state index is 13.4. The molecule has 0 amide bonds. The molecule has 0 unspecified atom stereocenters. The van der Waals surface area contributed by atoms with Gasteiger partial charge in [-0.2, -0.15) is 5.10 Å². The number of nitrogens with zero attached hydrogens (tertiary/aromatic N) is 2. The van der Waals surface area contributed by atoms with Crippen molar-refractivity contribution in [3.05, 3.63) is 76.9 Å². The van der Waals surface area contributed by atoms with E-state index in [9.17, 15) is 9.50 Å². The topological polar surface area (TPSA) is 70.6 Å². The van der Waals surface area contributed by atoms with Crippen LogP contribution in [0.4, 0.5) is 4.39 Å². The number of aryl methyl sites for hydroxylation is 1. The third-order valence-corrected chi connectivity index (χ3v) is 5.63. The summed E-state index contributed by atoms with van der Waals surface area (Å²) in [5.41, 5.74) is 3.84. The van der Waals surface area contributed by atoms with Crippen molar-refractivity contribution >= 4 is 0 Å². The number of likely N-dealkylation sites (tertiary alicyclic amines) is 1. The fourth-order valence-corrected chi connectivity index (χ4v) is 4.10. The molecule has 2 atom stereocenters. The van der Waals surface area contributed by atoms with E-state index >= 15 is 0 Å². The van der Waals surface area contributed by atoms with Crippen molar-refractivity contribution in [1.82, 2.24) is 15.1 Å². The van der Waals surface area contributed by atoms with Crippen molar-refractivity contribution in [2.75, 3.05) is 20.2 Å². The molecular formula is C24H28FN3O3. The summed E-state index contributed by atoms with van der Waals surface area (Å²) in [6.07, 6.45) is 0.381. The van der Waals surface area contributed by atoms with E-state index in [4.69, 9.17) is 9.47 Å². The standard InChI is InChI=1S/C24H28FN3O3/c1-16-8-21(27-26-16)11-19-13-28(14-22(19)29)12-17-6-7-23(30-2)24(10-17)31-15-18-4-3-5-20(25)9-18/h3-10,19,22,29H,11-15H2,1-2H3,(H,26,27)/t19-,22+/m1/s1. The number of aromatic amines is 1. The third-order valence-electron chi connectivity index (χ3n) is 5.63. The van der Waals surface area contributed by atoms with Gasteiger partial charge < -0.3 is 14.6 Å². The van der Waals surface area contributed by atoms with E-state index < -0.39 is 0 Å². The van der Waals surface area contributed by atoms with Gasteiger partial charge in [0.15, 0.2) is 11.5 Å². The largest absolute Gasteiger partial charge is 0.493 e. The highest BCUT2D eigenvalue weighted by molar-refractivity contribution is 5.43. The number of ether oxygens (including phenoxy) is 2. The van der Waals surface area contributed by atoms with Crippen LogP contribution in [0.15, 0.2) is 48.5 Å². The quantitative estimate of drug-likeness (QED) is 0.578. The van der Waals surface area contributed by atoms with Gasteiger partial charge in [-0.3, -0.25) is 10.00 Å². The first kappa shape index (κ1) is 21.3. The van der Waals surface area contributed by atoms with Crippen molar-refractivity contribution < 1.29 is 19.0 Å². The van der Waals surface area contributed by atoms with E-state index in [1.807, 2.05) is 37.3 Å². The predicted octanol–water partition coefficient (Wildman–Crippen LogP) is 3.48. The lowest BCUT2D eigenvalue weighted by Gasteiger charge is -2.17. The van der Waals surface area contributed by atoms with Gasteiger partial charge >= 0.3 is 0 Å². The number of β-amino-alcohol motifs (C(OH)–C–C–N with tert-alkyl or cyclic N) is 1. The number of hydrogen-bond acceptors (Lipinski definition) is 5. The molecule has 2 heterocycles. The van der Waals surface area contributed by atoms with Crippen LogP contribution in [-0.4, -0.2) is 46.5 Å². The zero-order chi connectivity index (χ0) is 21.8. The zero-order valence-electron chi connectivity index (χ0n) is 17.8. The van der Waals surface area contributed by atoms with Crippen LogP contribution in [0.3, 0.4) is 0 Å². The Labute approximate surface area is 181 Å². The highest BCUT2D eigenvalue weighted by Gasteiger charge is 2.31. The molecule has 1 saturated heterocycles. The molecule has 2 N–H and O–H groups in total. The van der Waals surface area contributed by atoms with Crippen LogP contribution >= 0.6 is 0 Å². The van der Waals surface area contributed by atoms with Gasteiger partial charge in [0, 0.05) is 31.2 Å². The van der Waals surface area contributed by atoms with E-state index in [1.165, 1.54) is 12.1 Å². The fraction of sp³-hybridized carbons (Fsp3) is 0.375. The highest BCUT2D eigenvalue weighted by atomic mass is 19.1. The number of methoxy groups -OCH3 is 1. The van der Waals surface area contributed by atoms with Crippen LogP contribution in [0.2, 0.25) is 0 Å². The lowest BCUT2D eigenvalue weighted by atomic mass is 10.0. The van der Waals surface area contributed by atoms with E-state index in [2.05, 4.69) is 15.1 Å². The number of rotatable bonds is 8. The smallest absolute Gasteiger partial charge is 0.161 e. The van der Waals surface area contributed by atoms with Crippen LogP contribution < -0.4 is 9.47 Å². The second-order valence-electron chi connectivity index (χ2n) is 8.17. The van der Waals surface area contributed by atoms with E-state index in [0.29, 0.717) is 24.6 Å². The molecule has 4 rings (SSSR count). The highest BCUT2D eigenvalue weighted by Crippen LogP contribution is 2.30. The molecule has 0 spiro atoms. The Bertz CT molecular complexity index is 1020. The van der Waals surface area contributed by atoms with E-state index in [0.717, 1.165) is 35.5 Å². The van der Waals surface area contributed by atoms with Crippen LogP contribution in [0.25, 0.3) is 0 Å². The molecular weight excluding hydrogens is 397 g/mol. The Hall–Kier alpha value is -2.90. The first-order valence-electron chi connectivity index (χ1n) is 10.5. The van der Waals surface area contributed by atoms with Crippen LogP contribution in [-0.2, 0) is 19.6 Å². The summed E-state index contributed by atoms with van der Waals surface area (Å²) >= 11 is 0. The monoisotopic (exact) mass is 425 g/mol. The third kappa shape index (κ3) is 5.42. The van der Waals surface area contributed by atoms with Crippen LogP contribution in [0, 0.1) is 18.7 Å². The summed E-state index contributed by atoms with van der Waals surface area (Å²) in [7, 11) is 1.60.